The highest BCUT2D eigenvalue weighted by atomic mass is 32.2. The number of nitro benzene ring substituents is 1. The van der Waals surface area contributed by atoms with Crippen LogP contribution in [-0.4, -0.2) is 42.8 Å². The molecule has 2 atom stereocenters. The Labute approximate surface area is 171 Å². The van der Waals surface area contributed by atoms with Crippen LogP contribution in [0, 0.1) is 16.0 Å². The first kappa shape index (κ1) is 23.0. The lowest BCUT2D eigenvalue weighted by molar-refractivity contribution is -0.384. The van der Waals surface area contributed by atoms with Crippen LogP contribution in [0.3, 0.4) is 0 Å². The Morgan fingerprint density at radius 3 is 2.07 bits per heavy atom. The Morgan fingerprint density at radius 2 is 1.55 bits per heavy atom. The van der Waals surface area contributed by atoms with Gasteiger partial charge < -0.3 is 11.5 Å². The first-order valence-corrected chi connectivity index (χ1v) is 10.8. The maximum Gasteiger partial charge on any atom is 0.269 e. The van der Waals surface area contributed by atoms with Crippen LogP contribution in [0.2, 0.25) is 0 Å². The van der Waals surface area contributed by atoms with Crippen molar-refractivity contribution in [2.75, 3.05) is 13.1 Å². The molecule has 158 valence electrons. The van der Waals surface area contributed by atoms with E-state index in [0.29, 0.717) is 6.42 Å². The monoisotopic (exact) mass is 420 g/mol. The second kappa shape index (κ2) is 9.93. The third kappa shape index (κ3) is 6.33. The normalized spacial score (nSPS) is 14.1. The van der Waals surface area contributed by atoms with Crippen molar-refractivity contribution in [2.45, 2.75) is 37.2 Å². The molecule has 0 heterocycles. The van der Waals surface area contributed by atoms with E-state index in [1.807, 2.05) is 44.2 Å². The van der Waals surface area contributed by atoms with Gasteiger partial charge in [-0.3, -0.25) is 10.1 Å². The maximum atomic E-state index is 13.1. The maximum absolute atomic E-state index is 13.1. The number of benzene rings is 2. The Morgan fingerprint density at radius 1 is 0.966 bits per heavy atom. The molecule has 0 fully saturated rings. The summed E-state index contributed by atoms with van der Waals surface area (Å²) in [5.74, 6) is 0.0698. The highest BCUT2D eigenvalue weighted by molar-refractivity contribution is 7.89. The number of non-ortho nitro benzene ring substituents is 1. The number of nitrogens with zero attached hydrogens (tertiary/aromatic N) is 2. The summed E-state index contributed by atoms with van der Waals surface area (Å²) in [6.07, 6.45) is 0.537. The first-order valence-electron chi connectivity index (χ1n) is 9.41. The van der Waals surface area contributed by atoms with Crippen molar-refractivity contribution in [3.63, 3.8) is 0 Å². The number of nitro groups is 1. The predicted octanol–water partition coefficient (Wildman–Crippen LogP) is 2.14. The van der Waals surface area contributed by atoms with E-state index in [1.165, 1.54) is 28.6 Å². The highest BCUT2D eigenvalue weighted by Crippen LogP contribution is 2.21. The van der Waals surface area contributed by atoms with Crippen molar-refractivity contribution in [1.29, 1.82) is 0 Å². The molecule has 2 aromatic carbocycles. The molecular weight excluding hydrogens is 392 g/mol. The second-order valence-electron chi connectivity index (χ2n) is 7.48. The average Bonchev–Trinajstić information content (AvgIpc) is 2.67. The fraction of sp³-hybridized carbons (Fsp3) is 0.400. The molecular formula is C20H28N4O4S. The van der Waals surface area contributed by atoms with Crippen LogP contribution in [0.4, 0.5) is 5.69 Å². The largest absolute Gasteiger partial charge is 0.326 e. The molecule has 0 aliphatic carbocycles. The topological polar surface area (TPSA) is 133 Å². The van der Waals surface area contributed by atoms with Crippen LogP contribution in [0.15, 0.2) is 59.5 Å². The van der Waals surface area contributed by atoms with Gasteiger partial charge in [-0.05, 0) is 30.0 Å². The highest BCUT2D eigenvalue weighted by Gasteiger charge is 2.29. The number of hydrogen-bond acceptors (Lipinski definition) is 6. The summed E-state index contributed by atoms with van der Waals surface area (Å²) in [6, 6.07) is 13.5. The molecule has 29 heavy (non-hydrogen) atoms. The Bertz CT molecular complexity index is 902. The van der Waals surface area contributed by atoms with E-state index in [4.69, 9.17) is 11.5 Å². The molecule has 0 unspecified atom stereocenters. The van der Waals surface area contributed by atoms with E-state index in [1.54, 1.807) is 0 Å². The van der Waals surface area contributed by atoms with Gasteiger partial charge in [-0.2, -0.15) is 4.31 Å². The quantitative estimate of drug-likeness (QED) is 0.447. The molecule has 2 rings (SSSR count). The summed E-state index contributed by atoms with van der Waals surface area (Å²) < 4.78 is 27.6. The average molecular weight is 421 g/mol. The van der Waals surface area contributed by atoms with Gasteiger partial charge in [0, 0.05) is 37.3 Å². The SMILES string of the molecule is CC(C)CN(C[C@@H](N)[C@@H](N)Cc1ccccc1)S(=O)(=O)c1ccc([N+](=O)[O-])cc1. The lowest BCUT2D eigenvalue weighted by Crippen LogP contribution is -2.51. The standard InChI is InChI=1S/C20H28N4O4S/c1-15(2)13-23(14-20(22)19(21)12-16-6-4-3-5-7-16)29(27,28)18-10-8-17(9-11-18)24(25)26/h3-11,15,19-20H,12-14,21-22H2,1-2H3/t19-,20+/m0/s1. The molecule has 0 aliphatic rings. The zero-order chi connectivity index (χ0) is 21.6. The minimum absolute atomic E-state index is 0.00687. The Kier molecular flexibility index (Phi) is 7.86. The van der Waals surface area contributed by atoms with E-state index >= 15 is 0 Å². The van der Waals surface area contributed by atoms with Gasteiger partial charge in [0.25, 0.3) is 5.69 Å². The van der Waals surface area contributed by atoms with Gasteiger partial charge in [0.15, 0.2) is 0 Å². The molecule has 0 amide bonds. The van der Waals surface area contributed by atoms with Crippen molar-refractivity contribution in [1.82, 2.24) is 4.31 Å². The summed E-state index contributed by atoms with van der Waals surface area (Å²) in [4.78, 5) is 10.3. The summed E-state index contributed by atoms with van der Waals surface area (Å²) in [5.41, 5.74) is 13.4. The van der Waals surface area contributed by atoms with E-state index < -0.39 is 27.0 Å². The Hall–Kier alpha value is -2.33. The molecule has 8 nitrogen and oxygen atoms in total. The number of sulfonamides is 1. The fourth-order valence-corrected chi connectivity index (χ4v) is 4.62. The minimum atomic E-state index is -3.86. The number of nitrogens with two attached hydrogens (primary N) is 2. The van der Waals surface area contributed by atoms with Crippen LogP contribution < -0.4 is 11.5 Å². The van der Waals surface area contributed by atoms with Gasteiger partial charge in [0.1, 0.15) is 0 Å². The van der Waals surface area contributed by atoms with Gasteiger partial charge >= 0.3 is 0 Å². The van der Waals surface area contributed by atoms with E-state index in [9.17, 15) is 18.5 Å². The molecule has 0 saturated carbocycles. The van der Waals surface area contributed by atoms with Crippen LogP contribution in [0.25, 0.3) is 0 Å². The zero-order valence-corrected chi connectivity index (χ0v) is 17.5. The molecule has 0 aromatic heterocycles. The summed E-state index contributed by atoms with van der Waals surface area (Å²) in [6.45, 7) is 4.15. The molecule has 0 radical (unpaired) electrons. The van der Waals surface area contributed by atoms with Gasteiger partial charge in [-0.25, -0.2) is 8.42 Å². The van der Waals surface area contributed by atoms with Gasteiger partial charge in [0.05, 0.1) is 9.82 Å². The van der Waals surface area contributed by atoms with Crippen molar-refractivity contribution in [3.8, 4) is 0 Å². The van der Waals surface area contributed by atoms with Gasteiger partial charge in [-0.15, -0.1) is 0 Å². The third-order valence-corrected chi connectivity index (χ3v) is 6.38. The number of rotatable bonds is 10. The lowest BCUT2D eigenvalue weighted by Gasteiger charge is -2.29. The molecule has 0 saturated heterocycles. The summed E-state index contributed by atoms with van der Waals surface area (Å²) in [7, 11) is -3.86. The predicted molar refractivity (Wildman–Crippen MR) is 113 cm³/mol. The van der Waals surface area contributed by atoms with Crippen molar-refractivity contribution in [2.24, 2.45) is 17.4 Å². The zero-order valence-electron chi connectivity index (χ0n) is 16.6. The van der Waals surface area contributed by atoms with Crippen molar-refractivity contribution in [3.05, 3.63) is 70.3 Å². The van der Waals surface area contributed by atoms with Gasteiger partial charge in [0.2, 0.25) is 10.0 Å². The van der Waals surface area contributed by atoms with Crippen molar-refractivity contribution >= 4 is 15.7 Å². The van der Waals surface area contributed by atoms with Crippen LogP contribution in [0.1, 0.15) is 19.4 Å². The number of hydrogen-bond donors (Lipinski definition) is 2. The molecule has 9 heteroatoms. The van der Waals surface area contributed by atoms with Crippen LogP contribution in [-0.2, 0) is 16.4 Å². The van der Waals surface area contributed by atoms with E-state index in [-0.39, 0.29) is 29.6 Å². The third-order valence-electron chi connectivity index (χ3n) is 4.53. The molecule has 4 N–H and O–H groups in total. The van der Waals surface area contributed by atoms with E-state index in [2.05, 4.69) is 0 Å². The molecule has 2 aromatic rings. The molecule has 0 bridgehead atoms. The Balaban J connectivity index is 2.19. The molecule has 0 spiro atoms. The van der Waals surface area contributed by atoms with Crippen LogP contribution in [0.5, 0.6) is 0 Å². The van der Waals surface area contributed by atoms with Gasteiger partial charge in [-0.1, -0.05) is 44.2 Å². The fourth-order valence-electron chi connectivity index (χ4n) is 2.98. The van der Waals surface area contributed by atoms with E-state index in [0.717, 1.165) is 5.56 Å². The minimum Gasteiger partial charge on any atom is -0.326 e. The second-order valence-corrected chi connectivity index (χ2v) is 9.42. The first-order chi connectivity index (χ1) is 13.6. The summed E-state index contributed by atoms with van der Waals surface area (Å²) in [5, 5.41) is 10.8. The molecule has 0 aliphatic heterocycles. The lowest BCUT2D eigenvalue weighted by atomic mass is 10.0. The van der Waals surface area contributed by atoms with Crippen LogP contribution >= 0.6 is 0 Å². The van der Waals surface area contributed by atoms with Crippen molar-refractivity contribution < 1.29 is 13.3 Å². The summed E-state index contributed by atoms with van der Waals surface area (Å²) >= 11 is 0. The smallest absolute Gasteiger partial charge is 0.269 e.